The Kier molecular flexibility index (Phi) is 3.35. The highest BCUT2D eigenvalue weighted by molar-refractivity contribution is 9.10. The maximum atomic E-state index is 10.9. The van der Waals surface area contributed by atoms with E-state index in [1.807, 2.05) is 25.1 Å². The molecule has 2 aromatic rings. The summed E-state index contributed by atoms with van der Waals surface area (Å²) in [6.07, 6.45) is 0.727. The Balaban J connectivity index is 2.60. The zero-order chi connectivity index (χ0) is 12.6. The number of benzene rings is 1. The molecule has 0 aliphatic heterocycles. The first-order valence-corrected chi connectivity index (χ1v) is 6.18. The molecule has 3 nitrogen and oxygen atoms in total. The SMILES string of the molecule is Cc1ccc(-n2nc(C)c(C=O)c2Cl)cc1Br. The molecule has 1 aromatic heterocycles. The summed E-state index contributed by atoms with van der Waals surface area (Å²) in [5.74, 6) is 0. The molecule has 1 heterocycles. The van der Waals surface area contributed by atoms with E-state index in [-0.39, 0.29) is 0 Å². The number of aryl methyl sites for hydroxylation is 2. The van der Waals surface area contributed by atoms with E-state index < -0.39 is 0 Å². The fraction of sp³-hybridized carbons (Fsp3) is 0.167. The summed E-state index contributed by atoms with van der Waals surface area (Å²) in [6, 6.07) is 5.79. The maximum absolute atomic E-state index is 10.9. The minimum atomic E-state index is 0.341. The summed E-state index contributed by atoms with van der Waals surface area (Å²) in [7, 11) is 0. The van der Waals surface area contributed by atoms with E-state index in [0.29, 0.717) is 16.4 Å². The Morgan fingerprint density at radius 1 is 1.41 bits per heavy atom. The molecule has 0 aliphatic carbocycles. The van der Waals surface area contributed by atoms with Crippen molar-refractivity contribution in [2.75, 3.05) is 0 Å². The van der Waals surface area contributed by atoms with Crippen LogP contribution in [0.3, 0.4) is 0 Å². The van der Waals surface area contributed by atoms with E-state index in [1.54, 1.807) is 11.6 Å². The molecule has 0 atom stereocenters. The first-order chi connectivity index (χ1) is 8.04. The van der Waals surface area contributed by atoms with E-state index in [2.05, 4.69) is 21.0 Å². The predicted molar refractivity (Wildman–Crippen MR) is 71.1 cm³/mol. The molecule has 2 rings (SSSR count). The number of aromatic nitrogens is 2. The van der Waals surface area contributed by atoms with Gasteiger partial charge in [-0.3, -0.25) is 4.79 Å². The smallest absolute Gasteiger partial charge is 0.155 e. The van der Waals surface area contributed by atoms with Gasteiger partial charge in [0, 0.05) is 4.47 Å². The quantitative estimate of drug-likeness (QED) is 0.792. The molecule has 1 aromatic carbocycles. The third-order valence-corrected chi connectivity index (χ3v) is 3.78. The normalized spacial score (nSPS) is 10.6. The molecular formula is C12H10BrClN2O. The second kappa shape index (κ2) is 4.63. The molecule has 0 amide bonds. The fourth-order valence-electron chi connectivity index (χ4n) is 1.53. The van der Waals surface area contributed by atoms with Gasteiger partial charge in [0.15, 0.2) is 6.29 Å². The number of hydrogen-bond acceptors (Lipinski definition) is 2. The number of aldehydes is 1. The first-order valence-electron chi connectivity index (χ1n) is 5.01. The zero-order valence-electron chi connectivity index (χ0n) is 9.37. The van der Waals surface area contributed by atoms with Crippen molar-refractivity contribution in [3.63, 3.8) is 0 Å². The van der Waals surface area contributed by atoms with Crippen molar-refractivity contribution >= 4 is 33.8 Å². The van der Waals surface area contributed by atoms with Crippen LogP contribution in [0.5, 0.6) is 0 Å². The van der Waals surface area contributed by atoms with Crippen LogP contribution in [0.25, 0.3) is 5.69 Å². The second-order valence-corrected chi connectivity index (χ2v) is 4.97. The molecular weight excluding hydrogens is 304 g/mol. The Labute approximate surface area is 113 Å². The lowest BCUT2D eigenvalue weighted by molar-refractivity contribution is 0.112. The summed E-state index contributed by atoms with van der Waals surface area (Å²) in [5.41, 5.74) is 3.01. The highest BCUT2D eigenvalue weighted by Crippen LogP contribution is 2.25. The molecule has 0 spiro atoms. The number of rotatable bonds is 2. The Morgan fingerprint density at radius 3 is 2.65 bits per heavy atom. The molecule has 88 valence electrons. The molecule has 17 heavy (non-hydrogen) atoms. The van der Waals surface area contributed by atoms with Crippen LogP contribution < -0.4 is 0 Å². The Morgan fingerprint density at radius 2 is 2.12 bits per heavy atom. The van der Waals surface area contributed by atoms with Crippen LogP contribution in [0.2, 0.25) is 5.15 Å². The van der Waals surface area contributed by atoms with Gasteiger partial charge in [-0.15, -0.1) is 0 Å². The van der Waals surface area contributed by atoms with Gasteiger partial charge in [0.1, 0.15) is 5.15 Å². The number of carbonyl (C=O) groups is 1. The van der Waals surface area contributed by atoms with Crippen LogP contribution in [0, 0.1) is 13.8 Å². The molecule has 0 saturated carbocycles. The Hall–Kier alpha value is -1.13. The second-order valence-electron chi connectivity index (χ2n) is 3.75. The minimum absolute atomic E-state index is 0.341. The third-order valence-electron chi connectivity index (χ3n) is 2.57. The lowest BCUT2D eigenvalue weighted by Gasteiger charge is -2.05. The zero-order valence-corrected chi connectivity index (χ0v) is 11.7. The molecule has 5 heteroatoms. The first kappa shape index (κ1) is 12.3. The van der Waals surface area contributed by atoms with Crippen molar-refractivity contribution in [2.24, 2.45) is 0 Å². The van der Waals surface area contributed by atoms with Crippen LogP contribution >= 0.6 is 27.5 Å². The fourth-order valence-corrected chi connectivity index (χ4v) is 2.21. The third kappa shape index (κ3) is 2.15. The molecule has 0 radical (unpaired) electrons. The largest absolute Gasteiger partial charge is 0.298 e. The van der Waals surface area contributed by atoms with E-state index in [4.69, 9.17) is 11.6 Å². The van der Waals surface area contributed by atoms with E-state index in [9.17, 15) is 4.79 Å². The van der Waals surface area contributed by atoms with Gasteiger partial charge in [-0.25, -0.2) is 4.68 Å². The van der Waals surface area contributed by atoms with Crippen molar-refractivity contribution in [2.45, 2.75) is 13.8 Å². The number of hydrogen-bond donors (Lipinski definition) is 0. The molecule has 0 N–H and O–H groups in total. The van der Waals surface area contributed by atoms with Crippen LogP contribution in [0.4, 0.5) is 0 Å². The van der Waals surface area contributed by atoms with Crippen molar-refractivity contribution in [1.29, 1.82) is 0 Å². The summed E-state index contributed by atoms with van der Waals surface area (Å²) in [5, 5.41) is 4.60. The molecule has 0 saturated heterocycles. The van der Waals surface area contributed by atoms with Crippen molar-refractivity contribution in [3.8, 4) is 5.69 Å². The summed E-state index contributed by atoms with van der Waals surface area (Å²) < 4.78 is 2.54. The topological polar surface area (TPSA) is 34.9 Å². The van der Waals surface area contributed by atoms with Crippen LogP contribution in [-0.4, -0.2) is 16.1 Å². The van der Waals surface area contributed by atoms with Crippen LogP contribution in [0.15, 0.2) is 22.7 Å². The summed E-state index contributed by atoms with van der Waals surface area (Å²) >= 11 is 9.57. The molecule has 0 unspecified atom stereocenters. The summed E-state index contributed by atoms with van der Waals surface area (Å²) in [4.78, 5) is 10.9. The van der Waals surface area contributed by atoms with Gasteiger partial charge >= 0.3 is 0 Å². The monoisotopic (exact) mass is 312 g/mol. The van der Waals surface area contributed by atoms with E-state index in [1.165, 1.54) is 0 Å². The average molecular weight is 314 g/mol. The lowest BCUT2D eigenvalue weighted by Crippen LogP contribution is -1.97. The molecule has 0 bridgehead atoms. The number of nitrogens with zero attached hydrogens (tertiary/aromatic N) is 2. The minimum Gasteiger partial charge on any atom is -0.298 e. The highest BCUT2D eigenvalue weighted by atomic mass is 79.9. The molecule has 0 aliphatic rings. The van der Waals surface area contributed by atoms with Crippen molar-refractivity contribution in [3.05, 3.63) is 44.6 Å². The van der Waals surface area contributed by atoms with Gasteiger partial charge in [-0.05, 0) is 31.5 Å². The van der Waals surface area contributed by atoms with Crippen LogP contribution in [-0.2, 0) is 0 Å². The molecule has 0 fully saturated rings. The van der Waals surface area contributed by atoms with Crippen molar-refractivity contribution < 1.29 is 4.79 Å². The van der Waals surface area contributed by atoms with Gasteiger partial charge in [0.05, 0.1) is 16.9 Å². The maximum Gasteiger partial charge on any atom is 0.155 e. The van der Waals surface area contributed by atoms with Crippen LogP contribution in [0.1, 0.15) is 21.6 Å². The standard InChI is InChI=1S/C12H10BrClN2O/c1-7-3-4-9(5-11(7)13)16-12(14)10(6-17)8(2)15-16/h3-6H,1-2H3. The van der Waals surface area contributed by atoms with Gasteiger partial charge < -0.3 is 0 Å². The lowest BCUT2D eigenvalue weighted by atomic mass is 10.2. The predicted octanol–water partition coefficient (Wildman–Crippen LogP) is 3.72. The Bertz CT molecular complexity index is 592. The number of halogens is 2. The van der Waals surface area contributed by atoms with Gasteiger partial charge in [0.25, 0.3) is 0 Å². The van der Waals surface area contributed by atoms with Gasteiger partial charge in [-0.1, -0.05) is 33.6 Å². The van der Waals surface area contributed by atoms with E-state index >= 15 is 0 Å². The average Bonchev–Trinajstić information content (AvgIpc) is 2.58. The van der Waals surface area contributed by atoms with Crippen molar-refractivity contribution in [1.82, 2.24) is 9.78 Å². The van der Waals surface area contributed by atoms with Gasteiger partial charge in [0.2, 0.25) is 0 Å². The highest BCUT2D eigenvalue weighted by Gasteiger charge is 2.14. The van der Waals surface area contributed by atoms with E-state index in [0.717, 1.165) is 22.0 Å². The van der Waals surface area contributed by atoms with Gasteiger partial charge in [-0.2, -0.15) is 5.10 Å². The summed E-state index contributed by atoms with van der Waals surface area (Å²) in [6.45, 7) is 3.76. The number of carbonyl (C=O) groups excluding carboxylic acids is 1.